The van der Waals surface area contributed by atoms with Gasteiger partial charge in [0.2, 0.25) is 0 Å². The number of allylic oxidation sites excluding steroid dienone is 1. The molecule has 5 nitrogen and oxygen atoms in total. The summed E-state index contributed by atoms with van der Waals surface area (Å²) in [6.07, 6.45) is 2.73. The summed E-state index contributed by atoms with van der Waals surface area (Å²) in [4.78, 5) is 11.1. The van der Waals surface area contributed by atoms with E-state index in [4.69, 9.17) is 0 Å². The molecule has 0 aromatic carbocycles. The van der Waals surface area contributed by atoms with Crippen molar-refractivity contribution < 1.29 is 0 Å². The van der Waals surface area contributed by atoms with Gasteiger partial charge in [0.05, 0.1) is 16.9 Å². The van der Waals surface area contributed by atoms with Crippen molar-refractivity contribution in [2.24, 2.45) is 0 Å². The average molecular weight is 294 g/mol. The molecule has 3 rings (SSSR count). The molecule has 0 aliphatic carbocycles. The third-order valence-corrected chi connectivity index (χ3v) is 3.76. The van der Waals surface area contributed by atoms with Crippen molar-refractivity contribution in [3.05, 3.63) is 70.4 Å². The van der Waals surface area contributed by atoms with Gasteiger partial charge in [-0.15, -0.1) is 0 Å². The molecule has 0 amide bonds. The van der Waals surface area contributed by atoms with E-state index >= 15 is 0 Å². The maximum Gasteiger partial charge on any atom is 0.264 e. The van der Waals surface area contributed by atoms with E-state index in [9.17, 15) is 4.79 Å². The van der Waals surface area contributed by atoms with Crippen molar-refractivity contribution in [3.8, 4) is 0 Å². The van der Waals surface area contributed by atoms with Gasteiger partial charge in [0.15, 0.2) is 0 Å². The van der Waals surface area contributed by atoms with Gasteiger partial charge in [-0.3, -0.25) is 4.79 Å². The van der Waals surface area contributed by atoms with Crippen LogP contribution in [0.1, 0.15) is 36.7 Å². The molecule has 3 aromatic heterocycles. The molecule has 0 saturated heterocycles. The van der Waals surface area contributed by atoms with Crippen molar-refractivity contribution in [1.82, 2.24) is 19.8 Å². The van der Waals surface area contributed by atoms with Gasteiger partial charge < -0.3 is 0 Å². The Morgan fingerprint density at radius 1 is 1.36 bits per heavy atom. The first-order valence-electron chi connectivity index (χ1n) is 7.24. The highest BCUT2D eigenvalue weighted by Crippen LogP contribution is 2.27. The van der Waals surface area contributed by atoms with Crippen LogP contribution in [0.3, 0.4) is 0 Å². The molecular formula is C17H18N4O. The van der Waals surface area contributed by atoms with Gasteiger partial charge in [0, 0.05) is 23.7 Å². The minimum atomic E-state index is -0.186. The summed E-state index contributed by atoms with van der Waals surface area (Å²) in [7, 11) is 0. The van der Waals surface area contributed by atoms with Gasteiger partial charge in [0.1, 0.15) is 0 Å². The number of fused-ring (bicyclic) bond motifs is 1. The lowest BCUT2D eigenvalue weighted by atomic mass is 9.95. The van der Waals surface area contributed by atoms with E-state index in [2.05, 4.69) is 34.9 Å². The molecule has 0 bridgehead atoms. The summed E-state index contributed by atoms with van der Waals surface area (Å²) in [5.41, 5.74) is 4.80. The summed E-state index contributed by atoms with van der Waals surface area (Å²) >= 11 is 0. The number of aromatic amines is 1. The fraction of sp³-hybridized carbons (Fsp3) is 0.235. The largest absolute Gasteiger partial charge is 0.268 e. The van der Waals surface area contributed by atoms with Crippen LogP contribution in [0.4, 0.5) is 0 Å². The first-order chi connectivity index (χ1) is 10.6. The average Bonchev–Trinajstić information content (AvgIpc) is 2.87. The molecule has 0 aliphatic rings. The number of H-pyrrole nitrogens is 1. The number of nitrogens with one attached hydrogen (secondary N) is 1. The molecule has 0 spiro atoms. The fourth-order valence-electron chi connectivity index (χ4n) is 2.63. The lowest BCUT2D eigenvalue weighted by molar-refractivity contribution is 0.708. The van der Waals surface area contributed by atoms with Crippen LogP contribution >= 0.6 is 0 Å². The van der Waals surface area contributed by atoms with Crippen LogP contribution in [-0.4, -0.2) is 19.8 Å². The minimum Gasteiger partial charge on any atom is -0.268 e. The Labute approximate surface area is 128 Å². The summed E-state index contributed by atoms with van der Waals surface area (Å²) in [6, 6.07) is 9.30. The molecule has 0 aliphatic heterocycles. The van der Waals surface area contributed by atoms with Crippen LogP contribution in [-0.2, 0) is 6.42 Å². The van der Waals surface area contributed by atoms with E-state index in [-0.39, 0.29) is 11.5 Å². The van der Waals surface area contributed by atoms with Crippen molar-refractivity contribution in [2.45, 2.75) is 26.2 Å². The Hall–Kier alpha value is -2.69. The van der Waals surface area contributed by atoms with Gasteiger partial charge in [-0.05, 0) is 37.1 Å². The number of nitrogens with zero attached hydrogens (tertiary/aromatic N) is 3. The topological polar surface area (TPSA) is 63.1 Å². The zero-order valence-corrected chi connectivity index (χ0v) is 12.7. The third-order valence-electron chi connectivity index (χ3n) is 3.76. The Morgan fingerprint density at radius 3 is 2.86 bits per heavy atom. The lowest BCUT2D eigenvalue weighted by Crippen LogP contribution is -2.10. The molecule has 112 valence electrons. The number of aromatic nitrogens is 4. The normalized spacial score (nSPS) is 12.5. The SMILES string of the molecule is C=C(C)c1nn2ccccc2c1CC(C)c1ccc(=O)[nH]n1. The number of rotatable bonds is 4. The first kappa shape index (κ1) is 14.3. The summed E-state index contributed by atoms with van der Waals surface area (Å²) in [5, 5.41) is 11.2. The van der Waals surface area contributed by atoms with Gasteiger partial charge >= 0.3 is 0 Å². The second kappa shape index (κ2) is 5.60. The summed E-state index contributed by atoms with van der Waals surface area (Å²) < 4.78 is 1.88. The predicted molar refractivity (Wildman–Crippen MR) is 86.9 cm³/mol. The molecular weight excluding hydrogens is 276 g/mol. The van der Waals surface area contributed by atoms with Crippen LogP contribution in [0.25, 0.3) is 11.1 Å². The number of hydrogen-bond acceptors (Lipinski definition) is 3. The van der Waals surface area contributed by atoms with Crippen LogP contribution in [0.2, 0.25) is 0 Å². The highest BCUT2D eigenvalue weighted by atomic mass is 16.1. The van der Waals surface area contributed by atoms with E-state index in [0.717, 1.165) is 34.5 Å². The zero-order valence-electron chi connectivity index (χ0n) is 12.7. The van der Waals surface area contributed by atoms with Crippen LogP contribution in [0, 0.1) is 0 Å². The molecule has 3 heterocycles. The Bertz CT molecular complexity index is 871. The Kier molecular flexibility index (Phi) is 3.63. The molecule has 3 aromatic rings. The van der Waals surface area contributed by atoms with E-state index in [1.807, 2.05) is 29.8 Å². The molecule has 22 heavy (non-hydrogen) atoms. The van der Waals surface area contributed by atoms with Crippen molar-refractivity contribution >= 4 is 11.1 Å². The van der Waals surface area contributed by atoms with Gasteiger partial charge in [-0.25, -0.2) is 9.61 Å². The van der Waals surface area contributed by atoms with E-state index in [0.29, 0.717) is 0 Å². The molecule has 0 saturated carbocycles. The molecule has 0 radical (unpaired) electrons. The summed E-state index contributed by atoms with van der Waals surface area (Å²) in [6.45, 7) is 8.09. The molecule has 1 unspecified atom stereocenters. The van der Waals surface area contributed by atoms with Gasteiger partial charge in [0.25, 0.3) is 5.56 Å². The van der Waals surface area contributed by atoms with Gasteiger partial charge in [-0.1, -0.05) is 19.6 Å². The molecule has 0 fully saturated rings. The molecule has 5 heteroatoms. The minimum absolute atomic E-state index is 0.170. The second-order valence-corrected chi connectivity index (χ2v) is 5.59. The van der Waals surface area contributed by atoms with Crippen molar-refractivity contribution in [3.63, 3.8) is 0 Å². The van der Waals surface area contributed by atoms with Gasteiger partial charge in [-0.2, -0.15) is 10.2 Å². The van der Waals surface area contributed by atoms with Crippen molar-refractivity contribution in [2.75, 3.05) is 0 Å². The monoisotopic (exact) mass is 294 g/mol. The zero-order chi connectivity index (χ0) is 15.7. The van der Waals surface area contributed by atoms with Crippen molar-refractivity contribution in [1.29, 1.82) is 0 Å². The smallest absolute Gasteiger partial charge is 0.264 e. The number of hydrogen-bond donors (Lipinski definition) is 1. The lowest BCUT2D eigenvalue weighted by Gasteiger charge is -2.11. The Morgan fingerprint density at radius 2 is 2.18 bits per heavy atom. The maximum absolute atomic E-state index is 11.1. The van der Waals surface area contributed by atoms with E-state index in [1.165, 1.54) is 6.07 Å². The fourth-order valence-corrected chi connectivity index (χ4v) is 2.63. The second-order valence-electron chi connectivity index (χ2n) is 5.59. The van der Waals surface area contributed by atoms with Crippen LogP contribution in [0.15, 0.2) is 47.9 Å². The van der Waals surface area contributed by atoms with Crippen LogP contribution < -0.4 is 5.56 Å². The number of pyridine rings is 1. The maximum atomic E-state index is 11.1. The van der Waals surface area contributed by atoms with E-state index in [1.54, 1.807) is 6.07 Å². The standard InChI is InChI=1S/C17H18N4O/c1-11(2)17-13(15-6-4-5-9-21(15)20-17)10-12(3)14-7-8-16(22)19-18-14/h4-9,12H,1,10H2,2-3H3,(H,19,22). The highest BCUT2D eigenvalue weighted by molar-refractivity contribution is 5.70. The highest BCUT2D eigenvalue weighted by Gasteiger charge is 2.17. The van der Waals surface area contributed by atoms with Crippen LogP contribution in [0.5, 0.6) is 0 Å². The predicted octanol–water partition coefficient (Wildman–Crippen LogP) is 2.80. The summed E-state index contributed by atoms with van der Waals surface area (Å²) in [5.74, 6) is 0.170. The first-order valence-corrected chi connectivity index (χ1v) is 7.24. The quantitative estimate of drug-likeness (QED) is 0.804. The third kappa shape index (κ3) is 2.57. The molecule has 1 N–H and O–H groups in total. The van der Waals surface area contributed by atoms with E-state index < -0.39 is 0 Å². The Balaban J connectivity index is 2.02. The molecule has 1 atom stereocenters.